The van der Waals surface area contributed by atoms with Crippen molar-refractivity contribution >= 4 is 0 Å². The Morgan fingerprint density at radius 2 is 2.21 bits per heavy atom. The van der Waals surface area contributed by atoms with Gasteiger partial charge >= 0.3 is 0 Å². The molecule has 0 amide bonds. The van der Waals surface area contributed by atoms with Crippen molar-refractivity contribution in [1.29, 1.82) is 0 Å². The monoisotopic (exact) mass is 197 g/mol. The molecule has 0 aromatic rings. The van der Waals surface area contributed by atoms with Crippen LogP contribution in [0.1, 0.15) is 39.0 Å². The van der Waals surface area contributed by atoms with Gasteiger partial charge in [0, 0.05) is 19.2 Å². The van der Waals surface area contributed by atoms with E-state index < -0.39 is 0 Å². The molecule has 2 atom stereocenters. The lowest BCUT2D eigenvalue weighted by Crippen LogP contribution is -2.37. The van der Waals surface area contributed by atoms with E-state index in [2.05, 4.69) is 12.2 Å². The molecule has 1 N–H and O–H groups in total. The average molecular weight is 197 g/mol. The minimum absolute atomic E-state index is 0.775. The van der Waals surface area contributed by atoms with Crippen molar-refractivity contribution in [2.45, 2.75) is 45.1 Å². The van der Waals surface area contributed by atoms with Gasteiger partial charge in [-0.25, -0.2) is 0 Å². The summed E-state index contributed by atoms with van der Waals surface area (Å²) in [5, 5.41) is 3.72. The third-order valence-corrected chi connectivity index (χ3v) is 3.55. The van der Waals surface area contributed by atoms with E-state index in [4.69, 9.17) is 4.74 Å². The Morgan fingerprint density at radius 3 is 2.79 bits per heavy atom. The molecule has 82 valence electrons. The minimum atomic E-state index is 0.775. The first kappa shape index (κ1) is 10.4. The fourth-order valence-corrected chi connectivity index (χ4v) is 2.43. The van der Waals surface area contributed by atoms with Crippen LogP contribution in [0.5, 0.6) is 0 Å². The molecular weight excluding hydrogens is 174 g/mol. The van der Waals surface area contributed by atoms with Crippen molar-refractivity contribution in [3.63, 3.8) is 0 Å². The fourth-order valence-electron chi connectivity index (χ4n) is 2.43. The standard InChI is InChI=1S/C12H23NO/c1-2-12(11-5-6-11)13-8-10-4-3-7-14-9-10/h10-13H,2-9H2,1H3. The zero-order chi connectivity index (χ0) is 9.80. The van der Waals surface area contributed by atoms with Gasteiger partial charge in [0.2, 0.25) is 0 Å². The smallest absolute Gasteiger partial charge is 0.0506 e. The first-order chi connectivity index (χ1) is 6.90. The lowest BCUT2D eigenvalue weighted by Gasteiger charge is -2.25. The molecule has 2 rings (SSSR count). The molecule has 14 heavy (non-hydrogen) atoms. The molecule has 1 heterocycles. The molecule has 1 aliphatic carbocycles. The molecule has 0 radical (unpaired) electrons. The third kappa shape index (κ3) is 2.96. The van der Waals surface area contributed by atoms with E-state index in [1.807, 2.05) is 0 Å². The Labute approximate surface area is 87.4 Å². The molecule has 0 bridgehead atoms. The maximum Gasteiger partial charge on any atom is 0.0506 e. The van der Waals surface area contributed by atoms with Crippen molar-refractivity contribution in [2.75, 3.05) is 19.8 Å². The first-order valence-electron chi connectivity index (χ1n) is 6.21. The lowest BCUT2D eigenvalue weighted by molar-refractivity contribution is 0.0534. The zero-order valence-corrected chi connectivity index (χ0v) is 9.30. The molecule has 1 saturated carbocycles. The SMILES string of the molecule is CCC(NCC1CCCOC1)C1CC1. The Kier molecular flexibility index (Phi) is 3.82. The molecule has 2 nitrogen and oxygen atoms in total. The number of rotatable bonds is 5. The van der Waals surface area contributed by atoms with E-state index in [0.29, 0.717) is 0 Å². The summed E-state index contributed by atoms with van der Waals surface area (Å²) < 4.78 is 5.48. The Morgan fingerprint density at radius 1 is 1.36 bits per heavy atom. The van der Waals surface area contributed by atoms with Crippen LogP contribution in [0.4, 0.5) is 0 Å². The highest BCUT2D eigenvalue weighted by atomic mass is 16.5. The highest BCUT2D eigenvalue weighted by molar-refractivity contribution is 4.86. The zero-order valence-electron chi connectivity index (χ0n) is 9.30. The second-order valence-electron chi connectivity index (χ2n) is 4.84. The molecule has 0 aromatic heterocycles. The predicted octanol–water partition coefficient (Wildman–Crippen LogP) is 2.19. The van der Waals surface area contributed by atoms with Gasteiger partial charge in [0.1, 0.15) is 0 Å². The van der Waals surface area contributed by atoms with Crippen molar-refractivity contribution in [2.24, 2.45) is 11.8 Å². The topological polar surface area (TPSA) is 21.3 Å². The lowest BCUT2D eigenvalue weighted by atomic mass is 10.0. The van der Waals surface area contributed by atoms with Crippen molar-refractivity contribution in [3.05, 3.63) is 0 Å². The van der Waals surface area contributed by atoms with Crippen LogP contribution in [0.3, 0.4) is 0 Å². The van der Waals surface area contributed by atoms with Gasteiger partial charge in [0.15, 0.2) is 0 Å². The van der Waals surface area contributed by atoms with Crippen LogP contribution < -0.4 is 5.32 Å². The summed E-state index contributed by atoms with van der Waals surface area (Å²) >= 11 is 0. The van der Waals surface area contributed by atoms with E-state index in [1.165, 1.54) is 38.6 Å². The molecule has 2 heteroatoms. The average Bonchev–Trinajstić information content (AvgIpc) is 3.05. The number of ether oxygens (including phenoxy) is 1. The molecule has 1 saturated heterocycles. The molecule has 0 spiro atoms. The summed E-state index contributed by atoms with van der Waals surface area (Å²) in [7, 11) is 0. The van der Waals surface area contributed by atoms with Crippen molar-refractivity contribution < 1.29 is 4.74 Å². The minimum Gasteiger partial charge on any atom is -0.381 e. The summed E-state index contributed by atoms with van der Waals surface area (Å²) in [6.45, 7) is 5.44. The maximum absolute atomic E-state index is 5.48. The largest absolute Gasteiger partial charge is 0.381 e. The first-order valence-corrected chi connectivity index (χ1v) is 6.21. The second-order valence-corrected chi connectivity index (χ2v) is 4.84. The Balaban J connectivity index is 1.63. The predicted molar refractivity (Wildman–Crippen MR) is 58.3 cm³/mol. The van der Waals surface area contributed by atoms with Crippen LogP contribution in [0, 0.1) is 11.8 Å². The van der Waals surface area contributed by atoms with Gasteiger partial charge in [-0.1, -0.05) is 6.92 Å². The van der Waals surface area contributed by atoms with Crippen LogP contribution in [-0.4, -0.2) is 25.8 Å². The normalized spacial score (nSPS) is 30.2. The van der Waals surface area contributed by atoms with E-state index in [1.54, 1.807) is 0 Å². The summed E-state index contributed by atoms with van der Waals surface area (Å²) in [5.41, 5.74) is 0. The highest BCUT2D eigenvalue weighted by Crippen LogP contribution is 2.34. The van der Waals surface area contributed by atoms with Crippen LogP contribution in [0.15, 0.2) is 0 Å². The van der Waals surface area contributed by atoms with E-state index in [-0.39, 0.29) is 0 Å². The van der Waals surface area contributed by atoms with Gasteiger partial charge in [-0.15, -0.1) is 0 Å². The van der Waals surface area contributed by atoms with Crippen LogP contribution in [0.25, 0.3) is 0 Å². The summed E-state index contributed by atoms with van der Waals surface area (Å²) in [6, 6.07) is 0.789. The Hall–Kier alpha value is -0.0800. The molecule has 2 fully saturated rings. The summed E-state index contributed by atoms with van der Waals surface area (Å²) in [6.07, 6.45) is 6.80. The molecule has 2 unspecified atom stereocenters. The van der Waals surface area contributed by atoms with E-state index in [0.717, 1.165) is 31.1 Å². The molecular formula is C12H23NO. The third-order valence-electron chi connectivity index (χ3n) is 3.55. The van der Waals surface area contributed by atoms with Crippen LogP contribution in [-0.2, 0) is 4.74 Å². The maximum atomic E-state index is 5.48. The Bertz CT molecular complexity index is 162. The number of nitrogens with one attached hydrogen (secondary N) is 1. The van der Waals surface area contributed by atoms with Crippen molar-refractivity contribution in [1.82, 2.24) is 5.32 Å². The van der Waals surface area contributed by atoms with Gasteiger partial charge < -0.3 is 10.1 Å². The van der Waals surface area contributed by atoms with Gasteiger partial charge in [-0.3, -0.25) is 0 Å². The molecule has 0 aromatic carbocycles. The number of hydrogen-bond acceptors (Lipinski definition) is 2. The summed E-state index contributed by atoms with van der Waals surface area (Å²) in [5.74, 6) is 1.76. The van der Waals surface area contributed by atoms with Crippen molar-refractivity contribution in [3.8, 4) is 0 Å². The fraction of sp³-hybridized carbons (Fsp3) is 1.00. The van der Waals surface area contributed by atoms with E-state index in [9.17, 15) is 0 Å². The summed E-state index contributed by atoms with van der Waals surface area (Å²) in [4.78, 5) is 0. The van der Waals surface area contributed by atoms with Gasteiger partial charge in [-0.05, 0) is 43.9 Å². The molecule has 2 aliphatic rings. The number of hydrogen-bond donors (Lipinski definition) is 1. The van der Waals surface area contributed by atoms with Crippen LogP contribution >= 0.6 is 0 Å². The quantitative estimate of drug-likeness (QED) is 0.729. The van der Waals surface area contributed by atoms with Gasteiger partial charge in [-0.2, -0.15) is 0 Å². The van der Waals surface area contributed by atoms with Gasteiger partial charge in [0.25, 0.3) is 0 Å². The van der Waals surface area contributed by atoms with E-state index >= 15 is 0 Å². The molecule has 1 aliphatic heterocycles. The second kappa shape index (κ2) is 5.13. The van der Waals surface area contributed by atoms with Gasteiger partial charge in [0.05, 0.1) is 6.61 Å². The highest BCUT2D eigenvalue weighted by Gasteiger charge is 2.29. The van der Waals surface area contributed by atoms with Crippen LogP contribution in [0.2, 0.25) is 0 Å².